The molecule has 1 heterocycles. The molecule has 0 radical (unpaired) electrons. The SMILES string of the molecule is CCc1ccccc1NC(=O)c1cccc(C(=O)N2CCc3ccccc3C2)c1. The number of benzene rings is 3. The average Bonchev–Trinajstić information content (AvgIpc) is 2.78. The second kappa shape index (κ2) is 8.31. The van der Waals surface area contributed by atoms with E-state index in [-0.39, 0.29) is 11.8 Å². The van der Waals surface area contributed by atoms with Gasteiger partial charge in [0.05, 0.1) is 0 Å². The molecule has 0 aromatic heterocycles. The summed E-state index contributed by atoms with van der Waals surface area (Å²) >= 11 is 0. The molecule has 2 amide bonds. The predicted molar refractivity (Wildman–Crippen MR) is 115 cm³/mol. The lowest BCUT2D eigenvalue weighted by molar-refractivity contribution is 0.0734. The first-order valence-electron chi connectivity index (χ1n) is 10.0. The molecular weight excluding hydrogens is 360 g/mol. The Morgan fingerprint density at radius 1 is 0.897 bits per heavy atom. The van der Waals surface area contributed by atoms with Crippen LogP contribution in [-0.2, 0) is 19.4 Å². The average molecular weight is 384 g/mol. The van der Waals surface area contributed by atoms with Crippen molar-refractivity contribution in [3.05, 3.63) is 101 Å². The van der Waals surface area contributed by atoms with Crippen molar-refractivity contribution in [3.63, 3.8) is 0 Å². The molecule has 29 heavy (non-hydrogen) atoms. The molecule has 146 valence electrons. The second-order valence-corrected chi connectivity index (χ2v) is 7.29. The van der Waals surface area contributed by atoms with Crippen LogP contribution in [0.1, 0.15) is 44.3 Å². The molecule has 0 spiro atoms. The Kier molecular flexibility index (Phi) is 5.43. The van der Waals surface area contributed by atoms with Crippen LogP contribution < -0.4 is 5.32 Å². The lowest BCUT2D eigenvalue weighted by Crippen LogP contribution is -2.36. The van der Waals surface area contributed by atoms with E-state index >= 15 is 0 Å². The molecule has 0 bridgehead atoms. The van der Waals surface area contributed by atoms with Crippen LogP contribution in [0.25, 0.3) is 0 Å². The smallest absolute Gasteiger partial charge is 0.255 e. The molecule has 4 heteroatoms. The van der Waals surface area contributed by atoms with Gasteiger partial charge in [0.1, 0.15) is 0 Å². The Labute approximate surface area is 171 Å². The molecule has 3 aromatic carbocycles. The Balaban J connectivity index is 1.51. The number of para-hydroxylation sites is 1. The van der Waals surface area contributed by atoms with Gasteiger partial charge in [-0.1, -0.05) is 55.5 Å². The number of hydrogen-bond acceptors (Lipinski definition) is 2. The van der Waals surface area contributed by atoms with Crippen LogP contribution in [0.4, 0.5) is 5.69 Å². The van der Waals surface area contributed by atoms with Gasteiger partial charge >= 0.3 is 0 Å². The minimum Gasteiger partial charge on any atom is -0.334 e. The van der Waals surface area contributed by atoms with Crippen molar-refractivity contribution in [2.75, 3.05) is 11.9 Å². The van der Waals surface area contributed by atoms with Crippen LogP contribution in [-0.4, -0.2) is 23.3 Å². The number of rotatable bonds is 4. The normalized spacial score (nSPS) is 12.9. The van der Waals surface area contributed by atoms with Gasteiger partial charge < -0.3 is 10.2 Å². The summed E-state index contributed by atoms with van der Waals surface area (Å²) in [5.74, 6) is -0.243. The van der Waals surface area contributed by atoms with E-state index in [1.807, 2.05) is 41.3 Å². The third-order valence-corrected chi connectivity index (χ3v) is 5.44. The molecule has 1 aliphatic heterocycles. The van der Waals surface area contributed by atoms with Crippen molar-refractivity contribution < 1.29 is 9.59 Å². The first-order chi connectivity index (χ1) is 14.2. The highest BCUT2D eigenvalue weighted by molar-refractivity contribution is 6.06. The summed E-state index contributed by atoms with van der Waals surface area (Å²) in [6, 6.07) is 23.0. The van der Waals surface area contributed by atoms with Gasteiger partial charge in [-0.25, -0.2) is 0 Å². The zero-order valence-corrected chi connectivity index (χ0v) is 16.5. The van der Waals surface area contributed by atoms with Gasteiger partial charge in [-0.05, 0) is 53.8 Å². The number of carbonyl (C=O) groups is 2. The summed E-state index contributed by atoms with van der Waals surface area (Å²) in [7, 11) is 0. The van der Waals surface area contributed by atoms with E-state index in [1.165, 1.54) is 11.1 Å². The van der Waals surface area contributed by atoms with Crippen molar-refractivity contribution in [3.8, 4) is 0 Å². The number of anilines is 1. The lowest BCUT2D eigenvalue weighted by Gasteiger charge is -2.29. The van der Waals surface area contributed by atoms with Gasteiger partial charge in [0.25, 0.3) is 11.8 Å². The van der Waals surface area contributed by atoms with Crippen LogP contribution in [0.2, 0.25) is 0 Å². The van der Waals surface area contributed by atoms with Crippen molar-refractivity contribution in [1.82, 2.24) is 4.90 Å². The van der Waals surface area contributed by atoms with Crippen LogP contribution >= 0.6 is 0 Å². The first-order valence-corrected chi connectivity index (χ1v) is 10.0. The molecule has 4 nitrogen and oxygen atoms in total. The van der Waals surface area contributed by atoms with E-state index in [4.69, 9.17) is 0 Å². The van der Waals surface area contributed by atoms with Gasteiger partial charge in [0.2, 0.25) is 0 Å². The highest BCUT2D eigenvalue weighted by Gasteiger charge is 2.22. The van der Waals surface area contributed by atoms with E-state index in [0.717, 1.165) is 24.1 Å². The molecule has 1 aliphatic rings. The minimum absolute atomic E-state index is 0.0388. The maximum absolute atomic E-state index is 13.0. The number of aryl methyl sites for hydroxylation is 1. The summed E-state index contributed by atoms with van der Waals surface area (Å²) < 4.78 is 0. The van der Waals surface area contributed by atoms with E-state index < -0.39 is 0 Å². The summed E-state index contributed by atoms with van der Waals surface area (Å²) in [5, 5.41) is 2.97. The summed E-state index contributed by atoms with van der Waals surface area (Å²) in [6.07, 6.45) is 1.70. The summed E-state index contributed by atoms with van der Waals surface area (Å²) in [6.45, 7) is 3.35. The van der Waals surface area contributed by atoms with Crippen LogP contribution in [0.15, 0.2) is 72.8 Å². The number of nitrogens with zero attached hydrogens (tertiary/aromatic N) is 1. The Bertz CT molecular complexity index is 1060. The highest BCUT2D eigenvalue weighted by Crippen LogP contribution is 2.21. The third-order valence-electron chi connectivity index (χ3n) is 5.44. The maximum atomic E-state index is 13.0. The van der Waals surface area contributed by atoms with Gasteiger partial charge in [-0.2, -0.15) is 0 Å². The Hall–Kier alpha value is -3.40. The standard InChI is InChI=1S/C25H24N2O2/c1-2-18-8-5-6-13-23(18)26-24(28)20-11-7-12-21(16-20)25(29)27-15-14-19-9-3-4-10-22(19)17-27/h3-13,16H,2,14-15,17H2,1H3,(H,26,28). The number of carbonyl (C=O) groups excluding carboxylic acids is 2. The number of hydrogen-bond donors (Lipinski definition) is 1. The van der Waals surface area contributed by atoms with Crippen LogP contribution in [0.5, 0.6) is 0 Å². The molecule has 0 saturated heterocycles. The third kappa shape index (κ3) is 4.06. The van der Waals surface area contributed by atoms with Crippen molar-refractivity contribution in [2.45, 2.75) is 26.3 Å². The monoisotopic (exact) mass is 384 g/mol. The van der Waals surface area contributed by atoms with E-state index in [2.05, 4.69) is 24.4 Å². The molecular formula is C25H24N2O2. The predicted octanol–water partition coefficient (Wildman–Crippen LogP) is 4.70. The molecule has 0 atom stereocenters. The van der Waals surface area contributed by atoms with Gasteiger partial charge in [0.15, 0.2) is 0 Å². The lowest BCUT2D eigenvalue weighted by atomic mass is 9.99. The largest absolute Gasteiger partial charge is 0.334 e. The highest BCUT2D eigenvalue weighted by atomic mass is 16.2. The zero-order chi connectivity index (χ0) is 20.2. The molecule has 4 rings (SSSR count). The fourth-order valence-corrected chi connectivity index (χ4v) is 3.79. The molecule has 3 aromatic rings. The second-order valence-electron chi connectivity index (χ2n) is 7.29. The van der Waals surface area contributed by atoms with E-state index in [1.54, 1.807) is 24.3 Å². The van der Waals surface area contributed by atoms with Crippen LogP contribution in [0, 0.1) is 0 Å². The van der Waals surface area contributed by atoms with Gasteiger partial charge in [-0.3, -0.25) is 9.59 Å². The quantitative estimate of drug-likeness (QED) is 0.709. The van der Waals surface area contributed by atoms with Crippen molar-refractivity contribution >= 4 is 17.5 Å². The van der Waals surface area contributed by atoms with Gasteiger partial charge in [-0.15, -0.1) is 0 Å². The summed E-state index contributed by atoms with van der Waals surface area (Å²) in [4.78, 5) is 27.7. The van der Waals surface area contributed by atoms with Crippen LogP contribution in [0.3, 0.4) is 0 Å². The molecule has 0 fully saturated rings. The van der Waals surface area contributed by atoms with E-state index in [0.29, 0.717) is 24.2 Å². The molecule has 0 saturated carbocycles. The molecule has 1 N–H and O–H groups in total. The zero-order valence-electron chi connectivity index (χ0n) is 16.5. The van der Waals surface area contributed by atoms with E-state index in [9.17, 15) is 9.59 Å². The maximum Gasteiger partial charge on any atom is 0.255 e. The number of amides is 2. The molecule has 0 unspecified atom stereocenters. The number of nitrogens with one attached hydrogen (secondary N) is 1. The van der Waals surface area contributed by atoms with Crippen molar-refractivity contribution in [2.24, 2.45) is 0 Å². The fraction of sp³-hybridized carbons (Fsp3) is 0.200. The Morgan fingerprint density at radius 2 is 1.62 bits per heavy atom. The van der Waals surface area contributed by atoms with Crippen molar-refractivity contribution in [1.29, 1.82) is 0 Å². The number of fused-ring (bicyclic) bond motifs is 1. The van der Waals surface area contributed by atoms with Gasteiger partial charge in [0, 0.05) is 29.9 Å². The summed E-state index contributed by atoms with van der Waals surface area (Å²) in [5.41, 5.74) is 5.42. The Morgan fingerprint density at radius 3 is 2.45 bits per heavy atom. The minimum atomic E-state index is -0.204. The topological polar surface area (TPSA) is 49.4 Å². The molecule has 0 aliphatic carbocycles. The first kappa shape index (κ1) is 18.9. The fourth-order valence-electron chi connectivity index (χ4n) is 3.79.